The van der Waals surface area contributed by atoms with Crippen LogP contribution in [0.1, 0.15) is 11.1 Å². The van der Waals surface area contributed by atoms with Crippen LogP contribution in [0.15, 0.2) is 40.1 Å². The van der Waals surface area contributed by atoms with E-state index in [0.717, 1.165) is 10.9 Å². The molecule has 7 heteroatoms. The minimum absolute atomic E-state index is 0.208. The Morgan fingerprint density at radius 2 is 1.80 bits per heavy atom. The van der Waals surface area contributed by atoms with E-state index in [1.165, 1.54) is 0 Å². The van der Waals surface area contributed by atoms with Gasteiger partial charge in [-0.1, -0.05) is 0 Å². The number of fused-ring (bicyclic) bond motifs is 2. The Morgan fingerprint density at radius 3 is 2.60 bits per heavy atom. The fourth-order valence-corrected chi connectivity index (χ4v) is 2.83. The smallest absolute Gasteiger partial charge is 0.271 e. The van der Waals surface area contributed by atoms with Gasteiger partial charge in [0.25, 0.3) is 11.1 Å². The second-order valence-electron chi connectivity index (χ2n) is 5.98. The van der Waals surface area contributed by atoms with Crippen LogP contribution in [0.3, 0.4) is 0 Å². The minimum atomic E-state index is -0.220. The van der Waals surface area contributed by atoms with E-state index in [1.807, 2.05) is 13.0 Å². The molecule has 3 heterocycles. The van der Waals surface area contributed by atoms with E-state index in [0.29, 0.717) is 41.5 Å². The quantitative estimate of drug-likeness (QED) is 0.677. The van der Waals surface area contributed by atoms with Gasteiger partial charge in [-0.15, -0.1) is 0 Å². The summed E-state index contributed by atoms with van der Waals surface area (Å²) in [6.07, 6.45) is 1.64. The monoisotopic (exact) mass is 339 g/mol. The fraction of sp³-hybridized carbons (Fsp3) is 0.222. The molecule has 128 valence electrons. The first-order valence-corrected chi connectivity index (χ1v) is 7.99. The molecule has 0 saturated carbocycles. The van der Waals surface area contributed by atoms with Crippen molar-refractivity contribution in [2.45, 2.75) is 13.5 Å². The largest absolute Gasteiger partial charge is 0.486 e. The van der Waals surface area contributed by atoms with Crippen LogP contribution in [-0.2, 0) is 6.54 Å². The molecule has 0 spiro atoms. The van der Waals surface area contributed by atoms with Crippen molar-refractivity contribution in [1.82, 2.24) is 9.97 Å². The molecule has 25 heavy (non-hydrogen) atoms. The predicted octanol–water partition coefficient (Wildman–Crippen LogP) is 1.91. The molecule has 0 fully saturated rings. The lowest BCUT2D eigenvalue weighted by Crippen LogP contribution is -2.19. The van der Waals surface area contributed by atoms with Crippen molar-refractivity contribution in [3.63, 3.8) is 0 Å². The summed E-state index contributed by atoms with van der Waals surface area (Å²) in [5, 5.41) is 3.86. The van der Waals surface area contributed by atoms with E-state index < -0.39 is 0 Å². The van der Waals surface area contributed by atoms with Crippen LogP contribution >= 0.6 is 0 Å². The van der Waals surface area contributed by atoms with Crippen molar-refractivity contribution in [2.24, 2.45) is 0 Å². The van der Waals surface area contributed by atoms with E-state index >= 15 is 0 Å². The van der Waals surface area contributed by atoms with Gasteiger partial charge in [-0.3, -0.25) is 9.59 Å². The topological polar surface area (TPSA) is 96.2 Å². The summed E-state index contributed by atoms with van der Waals surface area (Å²) in [5.74, 6) is 1.30. The van der Waals surface area contributed by atoms with Crippen LogP contribution < -0.4 is 25.9 Å². The lowest BCUT2D eigenvalue weighted by atomic mass is 10.1. The van der Waals surface area contributed by atoms with Crippen LogP contribution in [0.5, 0.6) is 11.5 Å². The van der Waals surface area contributed by atoms with Gasteiger partial charge in [-0.05, 0) is 30.7 Å². The van der Waals surface area contributed by atoms with E-state index in [2.05, 4.69) is 15.3 Å². The SMILES string of the molecule is Cc1c[nH]c(=O)c(NCc2cc3cc4c(cc3[nH]c2=O)OCCO4)c1. The van der Waals surface area contributed by atoms with Gasteiger partial charge in [-0.25, -0.2) is 0 Å². The molecule has 4 rings (SSSR count). The maximum Gasteiger partial charge on any atom is 0.271 e. The Hall–Kier alpha value is -3.22. The van der Waals surface area contributed by atoms with Crippen LogP contribution in [0, 0.1) is 6.92 Å². The highest BCUT2D eigenvalue weighted by molar-refractivity contribution is 5.83. The lowest BCUT2D eigenvalue weighted by Gasteiger charge is -2.19. The van der Waals surface area contributed by atoms with Crippen LogP contribution in [-0.4, -0.2) is 23.2 Å². The van der Waals surface area contributed by atoms with Gasteiger partial charge < -0.3 is 24.8 Å². The number of aromatic amines is 2. The number of hydrogen-bond acceptors (Lipinski definition) is 5. The molecule has 0 aliphatic carbocycles. The summed E-state index contributed by atoms with van der Waals surface area (Å²) in [5.41, 5.74) is 2.15. The van der Waals surface area contributed by atoms with Gasteiger partial charge in [0, 0.05) is 29.8 Å². The summed E-state index contributed by atoms with van der Waals surface area (Å²) in [6, 6.07) is 7.16. The van der Waals surface area contributed by atoms with Gasteiger partial charge in [-0.2, -0.15) is 0 Å². The number of pyridine rings is 2. The van der Waals surface area contributed by atoms with E-state index in [9.17, 15) is 9.59 Å². The van der Waals surface area contributed by atoms with Gasteiger partial charge in [0.1, 0.15) is 18.9 Å². The van der Waals surface area contributed by atoms with E-state index in [1.54, 1.807) is 24.4 Å². The number of aryl methyl sites for hydroxylation is 1. The summed E-state index contributed by atoms with van der Waals surface area (Å²) in [4.78, 5) is 29.6. The second kappa shape index (κ2) is 6.01. The summed E-state index contributed by atoms with van der Waals surface area (Å²) < 4.78 is 11.1. The molecular weight excluding hydrogens is 322 g/mol. The molecule has 0 amide bonds. The van der Waals surface area contributed by atoms with Crippen molar-refractivity contribution in [3.05, 3.63) is 62.3 Å². The number of hydrogen-bond donors (Lipinski definition) is 3. The van der Waals surface area contributed by atoms with Crippen LogP contribution in [0.2, 0.25) is 0 Å². The molecule has 2 aromatic heterocycles. The van der Waals surface area contributed by atoms with Gasteiger partial charge in [0.05, 0.1) is 5.52 Å². The zero-order chi connectivity index (χ0) is 17.4. The molecule has 0 radical (unpaired) electrons. The highest BCUT2D eigenvalue weighted by Gasteiger charge is 2.14. The van der Waals surface area contributed by atoms with Gasteiger partial charge >= 0.3 is 0 Å². The zero-order valence-electron chi connectivity index (χ0n) is 13.6. The Kier molecular flexibility index (Phi) is 3.68. The van der Waals surface area contributed by atoms with Crippen molar-refractivity contribution in [2.75, 3.05) is 18.5 Å². The van der Waals surface area contributed by atoms with Crippen LogP contribution in [0.4, 0.5) is 5.69 Å². The third-order valence-corrected chi connectivity index (χ3v) is 4.10. The van der Waals surface area contributed by atoms with Crippen molar-refractivity contribution in [3.8, 4) is 11.5 Å². The average molecular weight is 339 g/mol. The number of ether oxygens (including phenoxy) is 2. The first kappa shape index (κ1) is 15.3. The maximum absolute atomic E-state index is 12.3. The second-order valence-corrected chi connectivity index (χ2v) is 5.98. The summed E-state index contributed by atoms with van der Waals surface area (Å²) in [7, 11) is 0. The molecule has 0 atom stereocenters. The summed E-state index contributed by atoms with van der Waals surface area (Å²) in [6.45, 7) is 3.13. The normalized spacial score (nSPS) is 13.0. The van der Waals surface area contributed by atoms with Crippen LogP contribution in [0.25, 0.3) is 10.9 Å². The van der Waals surface area contributed by atoms with Gasteiger partial charge in [0.2, 0.25) is 0 Å². The first-order valence-electron chi connectivity index (χ1n) is 7.99. The molecule has 7 nitrogen and oxygen atoms in total. The number of nitrogens with one attached hydrogen (secondary N) is 3. The average Bonchev–Trinajstić information content (AvgIpc) is 2.61. The Balaban J connectivity index is 1.67. The van der Waals surface area contributed by atoms with E-state index in [-0.39, 0.29) is 17.7 Å². The molecule has 3 aromatic rings. The standard InChI is InChI=1S/C18H17N3O4/c1-10-4-14(18(23)20-8-10)19-9-12-5-11-6-15-16(25-3-2-24-15)7-13(11)21-17(12)22/h4-8,19H,2-3,9H2,1H3,(H,20,23)(H,21,22). The highest BCUT2D eigenvalue weighted by Crippen LogP contribution is 2.33. The van der Waals surface area contributed by atoms with E-state index in [4.69, 9.17) is 9.47 Å². The predicted molar refractivity (Wildman–Crippen MR) is 94.7 cm³/mol. The maximum atomic E-state index is 12.3. The lowest BCUT2D eigenvalue weighted by molar-refractivity contribution is 0.172. The molecule has 1 aromatic carbocycles. The van der Waals surface area contributed by atoms with Gasteiger partial charge in [0.15, 0.2) is 11.5 Å². The molecule has 0 bridgehead atoms. The Labute approximate surface area is 142 Å². The molecule has 1 aliphatic rings. The Morgan fingerprint density at radius 1 is 1.04 bits per heavy atom. The minimum Gasteiger partial charge on any atom is -0.486 e. The number of benzene rings is 1. The number of H-pyrrole nitrogens is 2. The van der Waals surface area contributed by atoms with Crippen molar-refractivity contribution < 1.29 is 9.47 Å². The van der Waals surface area contributed by atoms with Crippen molar-refractivity contribution in [1.29, 1.82) is 0 Å². The Bertz CT molecular complexity index is 1070. The first-order chi connectivity index (χ1) is 12.1. The molecule has 3 N–H and O–H groups in total. The third kappa shape index (κ3) is 2.96. The zero-order valence-corrected chi connectivity index (χ0v) is 13.6. The number of aromatic nitrogens is 2. The molecule has 1 aliphatic heterocycles. The number of anilines is 1. The molecule has 0 saturated heterocycles. The van der Waals surface area contributed by atoms with Crippen molar-refractivity contribution >= 4 is 16.6 Å². The summed E-state index contributed by atoms with van der Waals surface area (Å²) >= 11 is 0. The third-order valence-electron chi connectivity index (χ3n) is 4.10. The molecule has 0 unspecified atom stereocenters. The number of rotatable bonds is 3. The highest BCUT2D eigenvalue weighted by atomic mass is 16.6. The fourth-order valence-electron chi connectivity index (χ4n) is 2.83. The molecular formula is C18H17N3O4.